The molecule has 2 atom stereocenters. The van der Waals surface area contributed by atoms with Gasteiger partial charge in [0.2, 0.25) is 0 Å². The summed E-state index contributed by atoms with van der Waals surface area (Å²) >= 11 is 0. The Hall–Kier alpha value is -3.60. The summed E-state index contributed by atoms with van der Waals surface area (Å²) in [5.74, 6) is 1.56. The van der Waals surface area contributed by atoms with E-state index in [9.17, 15) is 4.79 Å². The molecule has 0 aliphatic carbocycles. The van der Waals surface area contributed by atoms with Crippen LogP contribution in [0.5, 0.6) is 5.75 Å². The van der Waals surface area contributed by atoms with Gasteiger partial charge in [-0.05, 0) is 78.1 Å². The van der Waals surface area contributed by atoms with Gasteiger partial charge >= 0.3 is 0 Å². The molecule has 0 amide bonds. The van der Waals surface area contributed by atoms with Crippen molar-refractivity contribution < 1.29 is 9.47 Å². The second kappa shape index (κ2) is 11.5. The molecule has 210 valence electrons. The maximum Gasteiger partial charge on any atom is 0.253 e. The summed E-state index contributed by atoms with van der Waals surface area (Å²) in [5, 5.41) is 13.9. The zero-order chi connectivity index (χ0) is 27.6. The maximum atomic E-state index is 13.6. The highest BCUT2D eigenvalue weighted by Gasteiger charge is 2.33. The van der Waals surface area contributed by atoms with E-state index in [0.29, 0.717) is 17.9 Å². The van der Waals surface area contributed by atoms with Crippen molar-refractivity contribution in [2.24, 2.45) is 0 Å². The van der Waals surface area contributed by atoms with Gasteiger partial charge in [0.25, 0.3) is 5.56 Å². The summed E-state index contributed by atoms with van der Waals surface area (Å²) in [4.78, 5) is 21.6. The van der Waals surface area contributed by atoms with Crippen LogP contribution in [0.25, 0.3) is 10.9 Å². The first-order chi connectivity index (χ1) is 19.5. The number of fused-ring (bicyclic) bond motifs is 1. The average molecular weight is 544 g/mol. The maximum absolute atomic E-state index is 13.6. The van der Waals surface area contributed by atoms with Crippen LogP contribution in [-0.2, 0) is 17.8 Å². The Bertz CT molecular complexity index is 1530. The van der Waals surface area contributed by atoms with Gasteiger partial charge in [0, 0.05) is 55.8 Å². The van der Waals surface area contributed by atoms with Crippen LogP contribution < -0.4 is 10.3 Å². The third-order valence-electron chi connectivity index (χ3n) is 8.15. The predicted octanol–water partition coefficient (Wildman–Crippen LogP) is 3.23. The van der Waals surface area contributed by atoms with E-state index in [1.807, 2.05) is 35.9 Å². The van der Waals surface area contributed by atoms with Crippen molar-refractivity contribution in [1.82, 2.24) is 35.0 Å². The number of aromatic nitrogens is 5. The van der Waals surface area contributed by atoms with Crippen molar-refractivity contribution in [3.63, 3.8) is 0 Å². The lowest BCUT2D eigenvalue weighted by Gasteiger charge is -2.38. The van der Waals surface area contributed by atoms with Gasteiger partial charge in [-0.3, -0.25) is 14.6 Å². The molecule has 4 aromatic rings. The Morgan fingerprint density at radius 2 is 1.98 bits per heavy atom. The number of tetrazole rings is 1. The van der Waals surface area contributed by atoms with E-state index in [4.69, 9.17) is 9.47 Å². The molecule has 10 heteroatoms. The molecule has 2 aromatic carbocycles. The van der Waals surface area contributed by atoms with E-state index in [0.717, 1.165) is 80.0 Å². The fourth-order valence-electron chi connectivity index (χ4n) is 6.12. The monoisotopic (exact) mass is 543 g/mol. The third-order valence-corrected chi connectivity index (χ3v) is 8.15. The number of methoxy groups -OCH3 is 1. The fourth-order valence-corrected chi connectivity index (χ4v) is 6.12. The predicted molar refractivity (Wildman–Crippen MR) is 153 cm³/mol. The highest BCUT2D eigenvalue weighted by atomic mass is 16.5. The van der Waals surface area contributed by atoms with Crippen molar-refractivity contribution >= 4 is 10.9 Å². The Kier molecular flexibility index (Phi) is 7.64. The Labute approximate surface area is 233 Å². The minimum Gasteiger partial charge on any atom is -0.497 e. The van der Waals surface area contributed by atoms with Crippen LogP contribution in [0.3, 0.4) is 0 Å². The summed E-state index contributed by atoms with van der Waals surface area (Å²) in [6.07, 6.45) is 2.12. The number of nitrogens with zero attached hydrogens (tertiary/aromatic N) is 6. The number of piperazine rings is 1. The van der Waals surface area contributed by atoms with Gasteiger partial charge in [0.1, 0.15) is 11.8 Å². The van der Waals surface area contributed by atoms with Gasteiger partial charge in [-0.1, -0.05) is 18.2 Å². The summed E-state index contributed by atoms with van der Waals surface area (Å²) < 4.78 is 13.1. The van der Waals surface area contributed by atoms with Gasteiger partial charge in [-0.2, -0.15) is 0 Å². The number of nitrogens with one attached hydrogen (secondary N) is 1. The SMILES string of the molecule is COc1cccc(CN2CCN([C@H](c3cc4c(C)cc(C)cc4[nH]c3=O)c3nnnn3C[C@@H]3CCCO3)CC2)c1. The third kappa shape index (κ3) is 5.52. The molecule has 40 heavy (non-hydrogen) atoms. The fraction of sp³-hybridized carbons (Fsp3) is 0.467. The molecule has 1 N–H and O–H groups in total. The smallest absolute Gasteiger partial charge is 0.253 e. The molecule has 10 nitrogen and oxygen atoms in total. The molecule has 0 radical (unpaired) electrons. The van der Waals surface area contributed by atoms with E-state index in [1.165, 1.54) is 5.56 Å². The number of ether oxygens (including phenoxy) is 2. The molecule has 0 saturated carbocycles. The molecule has 0 unspecified atom stereocenters. The molecule has 2 aliphatic heterocycles. The number of rotatable bonds is 8. The molecule has 2 aliphatic rings. The lowest BCUT2D eigenvalue weighted by Crippen LogP contribution is -2.48. The number of pyridine rings is 1. The second-order valence-corrected chi connectivity index (χ2v) is 11.0. The summed E-state index contributed by atoms with van der Waals surface area (Å²) in [6.45, 7) is 9.63. The molecule has 4 heterocycles. The van der Waals surface area contributed by atoms with E-state index in [2.05, 4.69) is 55.4 Å². The molecule has 2 aromatic heterocycles. The van der Waals surface area contributed by atoms with E-state index in [-0.39, 0.29) is 17.7 Å². The van der Waals surface area contributed by atoms with E-state index < -0.39 is 0 Å². The highest BCUT2D eigenvalue weighted by Crippen LogP contribution is 2.30. The molecule has 2 fully saturated rings. The number of aryl methyl sites for hydroxylation is 2. The molecular weight excluding hydrogens is 506 g/mol. The Balaban J connectivity index is 1.32. The number of aromatic amines is 1. The number of benzene rings is 2. The molecular formula is C30H37N7O3. The van der Waals surface area contributed by atoms with Crippen LogP contribution in [0.2, 0.25) is 0 Å². The average Bonchev–Trinajstić information content (AvgIpc) is 3.63. The number of H-pyrrole nitrogens is 1. The van der Waals surface area contributed by atoms with Crippen molar-refractivity contribution in [3.8, 4) is 5.75 Å². The Morgan fingerprint density at radius 1 is 1.12 bits per heavy atom. The van der Waals surface area contributed by atoms with Gasteiger partial charge in [0.15, 0.2) is 5.82 Å². The topological polar surface area (TPSA) is 101 Å². The number of hydrogen-bond donors (Lipinski definition) is 1. The lowest BCUT2D eigenvalue weighted by molar-refractivity contribution is 0.0840. The second-order valence-electron chi connectivity index (χ2n) is 11.0. The lowest BCUT2D eigenvalue weighted by atomic mass is 9.99. The zero-order valence-corrected chi connectivity index (χ0v) is 23.5. The normalized spacial score (nSPS) is 19.3. The van der Waals surface area contributed by atoms with Crippen LogP contribution in [0, 0.1) is 13.8 Å². The van der Waals surface area contributed by atoms with E-state index >= 15 is 0 Å². The zero-order valence-electron chi connectivity index (χ0n) is 23.5. The first kappa shape index (κ1) is 26.6. The molecule has 6 rings (SSSR count). The molecule has 0 bridgehead atoms. The standard InChI is InChI=1S/C30H37N7O3/c1-20-14-21(2)25-17-26(30(38)31-27(25)15-20)28(29-32-33-34-37(29)19-24-8-5-13-40-24)36-11-9-35(10-12-36)18-22-6-4-7-23(16-22)39-3/h4,6-7,14-17,24,28H,5,8-13,18-19H2,1-3H3,(H,31,38)/t24-,28+/m0/s1. The van der Waals surface area contributed by atoms with Gasteiger partial charge < -0.3 is 14.5 Å². The summed E-state index contributed by atoms with van der Waals surface area (Å²) in [5.41, 5.74) is 4.90. The minimum absolute atomic E-state index is 0.0859. The largest absolute Gasteiger partial charge is 0.497 e. The van der Waals surface area contributed by atoms with Crippen molar-refractivity contribution in [3.05, 3.63) is 80.9 Å². The Morgan fingerprint density at radius 3 is 2.75 bits per heavy atom. The van der Waals surface area contributed by atoms with Crippen molar-refractivity contribution in [2.45, 2.75) is 51.9 Å². The van der Waals surface area contributed by atoms with E-state index in [1.54, 1.807) is 7.11 Å². The van der Waals surface area contributed by atoms with Crippen LogP contribution >= 0.6 is 0 Å². The van der Waals surface area contributed by atoms with Crippen molar-refractivity contribution in [1.29, 1.82) is 0 Å². The van der Waals surface area contributed by atoms with Gasteiger partial charge in [-0.15, -0.1) is 5.10 Å². The van der Waals surface area contributed by atoms with Crippen LogP contribution in [0.15, 0.2) is 47.3 Å². The van der Waals surface area contributed by atoms with Crippen molar-refractivity contribution in [2.75, 3.05) is 39.9 Å². The van der Waals surface area contributed by atoms with Gasteiger partial charge in [-0.25, -0.2) is 4.68 Å². The van der Waals surface area contributed by atoms with Crippen LogP contribution in [-0.4, -0.2) is 81.0 Å². The molecule has 2 saturated heterocycles. The van der Waals surface area contributed by atoms with Crippen LogP contribution in [0.4, 0.5) is 0 Å². The first-order valence-corrected chi connectivity index (χ1v) is 14.1. The first-order valence-electron chi connectivity index (χ1n) is 14.1. The number of hydrogen-bond acceptors (Lipinski definition) is 8. The van der Waals surface area contributed by atoms with Crippen LogP contribution in [0.1, 0.15) is 47.0 Å². The molecule has 0 spiro atoms. The summed E-state index contributed by atoms with van der Waals surface area (Å²) in [6, 6.07) is 14.1. The summed E-state index contributed by atoms with van der Waals surface area (Å²) in [7, 11) is 1.70. The highest BCUT2D eigenvalue weighted by molar-refractivity contribution is 5.83. The minimum atomic E-state index is -0.371. The quantitative estimate of drug-likeness (QED) is 0.362. The van der Waals surface area contributed by atoms with Gasteiger partial charge in [0.05, 0.1) is 19.8 Å².